The van der Waals surface area contributed by atoms with Gasteiger partial charge in [-0.1, -0.05) is 6.07 Å². The predicted octanol–water partition coefficient (Wildman–Crippen LogP) is 3.73. The van der Waals surface area contributed by atoms with E-state index in [1.54, 1.807) is 29.2 Å². The molecule has 0 aliphatic heterocycles. The summed E-state index contributed by atoms with van der Waals surface area (Å²) in [6.45, 7) is 1.51. The lowest BCUT2D eigenvalue weighted by molar-refractivity contribution is -0.114. The van der Waals surface area contributed by atoms with E-state index in [-0.39, 0.29) is 30.0 Å². The Hall–Kier alpha value is -2.76. The van der Waals surface area contributed by atoms with E-state index in [9.17, 15) is 18.4 Å². The summed E-state index contributed by atoms with van der Waals surface area (Å²) >= 11 is 0. The second-order valence-corrected chi connectivity index (χ2v) is 6.16. The number of halogens is 2. The smallest absolute Gasteiger partial charge is 0.254 e. The van der Waals surface area contributed by atoms with Gasteiger partial charge in [0.05, 0.1) is 0 Å². The van der Waals surface area contributed by atoms with E-state index in [1.165, 1.54) is 19.1 Å². The van der Waals surface area contributed by atoms with Gasteiger partial charge in [0, 0.05) is 42.4 Å². The van der Waals surface area contributed by atoms with Crippen LogP contribution in [0.1, 0.15) is 35.7 Å². The number of carbonyl (C=O) groups is 2. The molecule has 3 rings (SSSR count). The highest BCUT2D eigenvalue weighted by molar-refractivity contribution is 5.95. The minimum Gasteiger partial charge on any atom is -0.331 e. The van der Waals surface area contributed by atoms with Gasteiger partial charge in [-0.15, -0.1) is 0 Å². The van der Waals surface area contributed by atoms with Crippen molar-refractivity contribution in [1.29, 1.82) is 0 Å². The number of benzene rings is 2. The molecule has 130 valence electrons. The molecular formula is C19H18F2N2O2. The maximum absolute atomic E-state index is 13.9. The number of carbonyl (C=O) groups excluding carboxylic acids is 2. The Morgan fingerprint density at radius 2 is 1.80 bits per heavy atom. The van der Waals surface area contributed by atoms with Crippen molar-refractivity contribution in [2.24, 2.45) is 0 Å². The third-order valence-electron chi connectivity index (χ3n) is 4.06. The summed E-state index contributed by atoms with van der Waals surface area (Å²) in [5, 5.41) is 2.64. The van der Waals surface area contributed by atoms with Crippen LogP contribution in [-0.2, 0) is 11.3 Å². The average molecular weight is 344 g/mol. The van der Waals surface area contributed by atoms with Crippen LogP contribution < -0.4 is 5.32 Å². The maximum Gasteiger partial charge on any atom is 0.254 e. The van der Waals surface area contributed by atoms with Gasteiger partial charge in [0.25, 0.3) is 5.91 Å². The molecule has 25 heavy (non-hydrogen) atoms. The SMILES string of the molecule is CC(=O)Nc1ccc(C(=O)N(Cc2ccc(F)cc2F)C2CC2)cc1. The van der Waals surface area contributed by atoms with Gasteiger partial charge in [0.2, 0.25) is 5.91 Å². The Labute approximate surface area is 144 Å². The largest absolute Gasteiger partial charge is 0.331 e. The first-order valence-electron chi connectivity index (χ1n) is 8.06. The van der Waals surface area contributed by atoms with Gasteiger partial charge in [0.1, 0.15) is 11.6 Å². The van der Waals surface area contributed by atoms with E-state index in [2.05, 4.69) is 5.32 Å². The summed E-state index contributed by atoms with van der Waals surface area (Å²) in [6.07, 6.45) is 1.75. The van der Waals surface area contributed by atoms with Gasteiger partial charge in [-0.2, -0.15) is 0 Å². The zero-order valence-corrected chi connectivity index (χ0v) is 13.8. The van der Waals surface area contributed by atoms with Crippen LogP contribution in [0.15, 0.2) is 42.5 Å². The summed E-state index contributed by atoms with van der Waals surface area (Å²) < 4.78 is 27.0. The van der Waals surface area contributed by atoms with Crippen LogP contribution in [-0.4, -0.2) is 22.8 Å². The van der Waals surface area contributed by atoms with Gasteiger partial charge >= 0.3 is 0 Å². The summed E-state index contributed by atoms with van der Waals surface area (Å²) in [5.41, 5.74) is 1.35. The molecular weight excluding hydrogens is 326 g/mol. The number of nitrogens with one attached hydrogen (secondary N) is 1. The van der Waals surface area contributed by atoms with Crippen molar-refractivity contribution in [3.63, 3.8) is 0 Å². The van der Waals surface area contributed by atoms with E-state index in [0.717, 1.165) is 18.9 Å². The molecule has 0 spiro atoms. The van der Waals surface area contributed by atoms with Crippen LogP contribution >= 0.6 is 0 Å². The number of amides is 2. The van der Waals surface area contributed by atoms with E-state index in [1.807, 2.05) is 0 Å². The van der Waals surface area contributed by atoms with Gasteiger partial charge in [-0.25, -0.2) is 8.78 Å². The molecule has 0 radical (unpaired) electrons. The Kier molecular flexibility index (Phi) is 4.79. The van der Waals surface area contributed by atoms with E-state index < -0.39 is 11.6 Å². The topological polar surface area (TPSA) is 49.4 Å². The van der Waals surface area contributed by atoms with Crippen molar-refractivity contribution >= 4 is 17.5 Å². The molecule has 2 aromatic rings. The van der Waals surface area contributed by atoms with Gasteiger partial charge in [-0.3, -0.25) is 9.59 Å². The summed E-state index contributed by atoms with van der Waals surface area (Å²) in [7, 11) is 0. The highest BCUT2D eigenvalue weighted by Gasteiger charge is 2.33. The lowest BCUT2D eigenvalue weighted by Gasteiger charge is -2.23. The molecule has 1 saturated carbocycles. The van der Waals surface area contributed by atoms with Crippen molar-refractivity contribution in [2.75, 3.05) is 5.32 Å². The normalized spacial score (nSPS) is 13.4. The van der Waals surface area contributed by atoms with Gasteiger partial charge in [-0.05, 0) is 43.2 Å². The van der Waals surface area contributed by atoms with Crippen molar-refractivity contribution in [1.82, 2.24) is 4.90 Å². The van der Waals surface area contributed by atoms with Crippen molar-refractivity contribution in [2.45, 2.75) is 32.4 Å². The molecule has 0 unspecified atom stereocenters. The van der Waals surface area contributed by atoms with Crippen LogP contribution in [0, 0.1) is 11.6 Å². The fraction of sp³-hybridized carbons (Fsp3) is 0.263. The summed E-state index contributed by atoms with van der Waals surface area (Å²) in [6, 6.07) is 10.0. The molecule has 0 bridgehead atoms. The molecule has 0 atom stereocenters. The zero-order chi connectivity index (χ0) is 18.0. The van der Waals surface area contributed by atoms with Crippen molar-refractivity contribution in [3.05, 3.63) is 65.2 Å². The molecule has 0 saturated heterocycles. The molecule has 0 heterocycles. The Balaban J connectivity index is 1.78. The highest BCUT2D eigenvalue weighted by atomic mass is 19.1. The highest BCUT2D eigenvalue weighted by Crippen LogP contribution is 2.30. The first-order valence-corrected chi connectivity index (χ1v) is 8.06. The third-order valence-corrected chi connectivity index (χ3v) is 4.06. The van der Waals surface area contributed by atoms with Crippen molar-refractivity contribution in [3.8, 4) is 0 Å². The Morgan fingerprint density at radius 1 is 1.12 bits per heavy atom. The quantitative estimate of drug-likeness (QED) is 0.898. The van der Waals surface area contributed by atoms with E-state index >= 15 is 0 Å². The van der Waals surface area contributed by atoms with Gasteiger partial charge < -0.3 is 10.2 Å². The number of hydrogen-bond acceptors (Lipinski definition) is 2. The molecule has 1 N–H and O–H groups in total. The lowest BCUT2D eigenvalue weighted by Crippen LogP contribution is -2.33. The lowest BCUT2D eigenvalue weighted by atomic mass is 10.1. The third kappa shape index (κ3) is 4.21. The maximum atomic E-state index is 13.9. The molecule has 2 aromatic carbocycles. The minimum absolute atomic E-state index is 0.0759. The number of nitrogens with zero attached hydrogens (tertiary/aromatic N) is 1. The molecule has 2 amide bonds. The Morgan fingerprint density at radius 3 is 2.36 bits per heavy atom. The number of hydrogen-bond donors (Lipinski definition) is 1. The fourth-order valence-electron chi connectivity index (χ4n) is 2.65. The first-order chi connectivity index (χ1) is 11.9. The number of rotatable bonds is 5. The van der Waals surface area contributed by atoms with Crippen molar-refractivity contribution < 1.29 is 18.4 Å². The van der Waals surface area contributed by atoms with Crippen LogP contribution in [0.4, 0.5) is 14.5 Å². The molecule has 1 aliphatic rings. The first kappa shape index (κ1) is 17.1. The summed E-state index contributed by atoms with van der Waals surface area (Å²) in [5.74, 6) is -1.69. The fourth-order valence-corrected chi connectivity index (χ4v) is 2.65. The van der Waals surface area contributed by atoms with Crippen LogP contribution in [0.5, 0.6) is 0 Å². The predicted molar refractivity (Wildman–Crippen MR) is 90.0 cm³/mol. The molecule has 0 aromatic heterocycles. The van der Waals surface area contributed by atoms with Crippen LogP contribution in [0.2, 0.25) is 0 Å². The minimum atomic E-state index is -0.653. The monoisotopic (exact) mass is 344 g/mol. The van der Waals surface area contributed by atoms with Crippen LogP contribution in [0.3, 0.4) is 0 Å². The molecule has 1 fully saturated rings. The van der Waals surface area contributed by atoms with E-state index in [0.29, 0.717) is 11.3 Å². The molecule has 6 heteroatoms. The second kappa shape index (κ2) is 7.01. The molecule has 4 nitrogen and oxygen atoms in total. The van der Waals surface area contributed by atoms with Crippen LogP contribution in [0.25, 0.3) is 0 Å². The second-order valence-electron chi connectivity index (χ2n) is 6.16. The zero-order valence-electron chi connectivity index (χ0n) is 13.8. The number of anilines is 1. The Bertz CT molecular complexity index is 802. The van der Waals surface area contributed by atoms with E-state index in [4.69, 9.17) is 0 Å². The standard InChI is InChI=1S/C19H18F2N2O2/c1-12(24)22-16-6-3-13(4-7-16)19(25)23(17-8-9-17)11-14-2-5-15(20)10-18(14)21/h2-7,10,17H,8-9,11H2,1H3,(H,22,24). The summed E-state index contributed by atoms with van der Waals surface area (Å²) in [4.78, 5) is 25.4. The van der Waals surface area contributed by atoms with Gasteiger partial charge in [0.15, 0.2) is 0 Å². The average Bonchev–Trinajstić information content (AvgIpc) is 3.38. The molecule has 1 aliphatic carbocycles.